The highest BCUT2D eigenvalue weighted by atomic mass is 79.9. The van der Waals surface area contributed by atoms with Crippen LogP contribution in [0.4, 0.5) is 5.69 Å². The van der Waals surface area contributed by atoms with Gasteiger partial charge in [-0.05, 0) is 50.2 Å². The monoisotopic (exact) mass is 486 g/mol. The Morgan fingerprint density at radius 3 is 2.60 bits per heavy atom. The van der Waals surface area contributed by atoms with Crippen LogP contribution in [0.2, 0.25) is 0 Å². The summed E-state index contributed by atoms with van der Waals surface area (Å²) in [4.78, 5) is 12.3. The van der Waals surface area contributed by atoms with E-state index in [-0.39, 0.29) is 17.8 Å². The Morgan fingerprint density at radius 1 is 1.23 bits per heavy atom. The van der Waals surface area contributed by atoms with Crippen molar-refractivity contribution in [3.05, 3.63) is 77.0 Å². The number of thioether (sulfide) groups is 1. The largest absolute Gasteiger partial charge is 0.483 e. The molecule has 8 heteroatoms. The molecule has 0 radical (unpaired) electrons. The second-order valence-electron chi connectivity index (χ2n) is 6.66. The van der Waals surface area contributed by atoms with Crippen LogP contribution in [-0.4, -0.2) is 26.4 Å². The van der Waals surface area contributed by atoms with Gasteiger partial charge in [0.1, 0.15) is 5.75 Å². The molecule has 0 fully saturated rings. The molecule has 1 N–H and O–H groups in total. The van der Waals surface area contributed by atoms with Crippen LogP contribution in [0.25, 0.3) is 0 Å². The van der Waals surface area contributed by atoms with E-state index in [9.17, 15) is 4.79 Å². The lowest BCUT2D eigenvalue weighted by molar-refractivity contribution is -0.113. The van der Waals surface area contributed by atoms with Crippen LogP contribution in [-0.2, 0) is 11.3 Å². The molecule has 3 aromatic rings. The maximum Gasteiger partial charge on any atom is 0.234 e. The lowest BCUT2D eigenvalue weighted by Gasteiger charge is -2.15. The van der Waals surface area contributed by atoms with Crippen LogP contribution < -0.4 is 10.1 Å². The van der Waals surface area contributed by atoms with E-state index in [4.69, 9.17) is 4.74 Å². The number of carbonyl (C=O) groups excluding carboxylic acids is 1. The third-order valence-corrected chi connectivity index (χ3v) is 5.71. The van der Waals surface area contributed by atoms with Gasteiger partial charge >= 0.3 is 0 Å². The first-order valence-corrected chi connectivity index (χ1v) is 11.2. The van der Waals surface area contributed by atoms with Crippen LogP contribution in [0.3, 0.4) is 0 Å². The van der Waals surface area contributed by atoms with E-state index in [0.717, 1.165) is 21.5 Å². The first-order chi connectivity index (χ1) is 14.5. The number of nitrogens with zero attached hydrogens (tertiary/aromatic N) is 3. The number of aryl methyl sites for hydroxylation is 1. The highest BCUT2D eigenvalue weighted by molar-refractivity contribution is 9.10. The molecule has 0 spiro atoms. The molecule has 0 saturated heterocycles. The van der Waals surface area contributed by atoms with Gasteiger partial charge in [-0.1, -0.05) is 51.5 Å². The summed E-state index contributed by atoms with van der Waals surface area (Å²) in [6.07, 6.45) is 1.46. The summed E-state index contributed by atoms with van der Waals surface area (Å²) in [6.45, 7) is 8.27. The predicted octanol–water partition coefficient (Wildman–Crippen LogP) is 5.41. The van der Waals surface area contributed by atoms with Crippen LogP contribution in [0.1, 0.15) is 24.4 Å². The molecule has 1 atom stereocenters. The van der Waals surface area contributed by atoms with E-state index in [0.29, 0.717) is 17.5 Å². The van der Waals surface area contributed by atoms with Crippen molar-refractivity contribution >= 4 is 39.3 Å². The highest BCUT2D eigenvalue weighted by Crippen LogP contribution is 2.26. The molecule has 0 aliphatic carbocycles. The van der Waals surface area contributed by atoms with E-state index in [2.05, 4.69) is 38.0 Å². The average molecular weight is 487 g/mol. The van der Waals surface area contributed by atoms with Gasteiger partial charge in [0.25, 0.3) is 0 Å². The number of aromatic nitrogens is 3. The number of nitrogens with one attached hydrogen (secondary N) is 1. The Balaban J connectivity index is 1.65. The van der Waals surface area contributed by atoms with Gasteiger partial charge in [0.15, 0.2) is 17.1 Å². The summed E-state index contributed by atoms with van der Waals surface area (Å²) < 4.78 is 8.91. The molecule has 0 aliphatic heterocycles. The summed E-state index contributed by atoms with van der Waals surface area (Å²) in [7, 11) is 0. The molecule has 30 heavy (non-hydrogen) atoms. The molecule has 0 saturated carbocycles. The lowest BCUT2D eigenvalue weighted by Crippen LogP contribution is -2.15. The summed E-state index contributed by atoms with van der Waals surface area (Å²) >= 11 is 4.75. The second-order valence-corrected chi connectivity index (χ2v) is 8.52. The molecule has 3 rings (SSSR count). The van der Waals surface area contributed by atoms with Gasteiger partial charge in [-0.3, -0.25) is 9.36 Å². The van der Waals surface area contributed by atoms with Gasteiger partial charge in [-0.25, -0.2) is 0 Å². The zero-order chi connectivity index (χ0) is 21.5. The minimum absolute atomic E-state index is 0.0993. The molecule has 156 valence electrons. The molecule has 2 aromatic carbocycles. The van der Waals surface area contributed by atoms with Crippen molar-refractivity contribution in [1.29, 1.82) is 0 Å². The highest BCUT2D eigenvalue weighted by Gasteiger charge is 2.19. The minimum atomic E-state index is -0.311. The van der Waals surface area contributed by atoms with Gasteiger partial charge in [-0.2, -0.15) is 0 Å². The molecular formula is C22H23BrN4O2S. The van der Waals surface area contributed by atoms with Gasteiger partial charge in [0, 0.05) is 16.7 Å². The van der Waals surface area contributed by atoms with Crippen molar-refractivity contribution in [2.75, 3.05) is 11.1 Å². The first kappa shape index (κ1) is 22.1. The molecule has 1 heterocycles. The molecule has 6 nitrogen and oxygen atoms in total. The van der Waals surface area contributed by atoms with Crippen LogP contribution in [0.15, 0.2) is 70.8 Å². The average Bonchev–Trinajstić information content (AvgIpc) is 3.13. The number of allylic oxidation sites excluding steroid dienone is 1. The number of hydrogen-bond donors (Lipinski definition) is 1. The molecular weight excluding hydrogens is 464 g/mol. The van der Waals surface area contributed by atoms with E-state index in [1.807, 2.05) is 66.9 Å². The third kappa shape index (κ3) is 5.96. The molecule has 0 bridgehead atoms. The number of benzene rings is 2. The SMILES string of the molecule is C=CCn1c(SCC(=O)Nc2ccc(C)cc2)nnc1C(C)Oc1ccc(Br)cc1. The maximum atomic E-state index is 12.3. The van der Waals surface area contributed by atoms with Crippen LogP contribution >= 0.6 is 27.7 Å². The zero-order valence-electron chi connectivity index (χ0n) is 16.8. The fourth-order valence-electron chi connectivity index (χ4n) is 2.74. The standard InChI is InChI=1S/C22H23BrN4O2S/c1-4-13-27-21(16(3)29-19-11-7-17(23)8-12-19)25-26-22(27)30-14-20(28)24-18-9-5-15(2)6-10-18/h4-12,16H,1,13-14H2,2-3H3,(H,24,28). The Hall–Kier alpha value is -2.58. The van der Waals surface area contributed by atoms with Crippen molar-refractivity contribution in [1.82, 2.24) is 14.8 Å². The number of halogens is 1. The Labute approximate surface area is 188 Å². The van der Waals surface area contributed by atoms with E-state index in [1.54, 1.807) is 6.08 Å². The number of anilines is 1. The normalized spacial score (nSPS) is 11.7. The molecule has 1 aromatic heterocycles. The Bertz CT molecular complexity index is 1000. The third-order valence-electron chi connectivity index (χ3n) is 4.21. The number of ether oxygens (including phenoxy) is 1. The molecule has 0 aliphatic rings. The van der Waals surface area contributed by atoms with Crippen molar-refractivity contribution in [2.24, 2.45) is 0 Å². The predicted molar refractivity (Wildman–Crippen MR) is 124 cm³/mol. The van der Waals surface area contributed by atoms with Crippen LogP contribution in [0.5, 0.6) is 5.75 Å². The Kier molecular flexibility index (Phi) is 7.70. The summed E-state index contributed by atoms with van der Waals surface area (Å²) in [5.74, 6) is 1.55. The van der Waals surface area contributed by atoms with Gasteiger partial charge in [0.05, 0.1) is 5.75 Å². The van der Waals surface area contributed by atoms with Crippen molar-refractivity contribution in [3.63, 3.8) is 0 Å². The van der Waals surface area contributed by atoms with E-state index < -0.39 is 0 Å². The smallest absolute Gasteiger partial charge is 0.234 e. The van der Waals surface area contributed by atoms with Crippen molar-refractivity contribution in [2.45, 2.75) is 31.7 Å². The van der Waals surface area contributed by atoms with Crippen LogP contribution in [0, 0.1) is 6.92 Å². The topological polar surface area (TPSA) is 69.0 Å². The molecule has 1 unspecified atom stereocenters. The van der Waals surface area contributed by atoms with Gasteiger partial charge in [-0.15, -0.1) is 16.8 Å². The summed E-state index contributed by atoms with van der Waals surface area (Å²) in [6, 6.07) is 15.3. The summed E-state index contributed by atoms with van der Waals surface area (Å²) in [5.41, 5.74) is 1.92. The van der Waals surface area contributed by atoms with Gasteiger partial charge in [0.2, 0.25) is 5.91 Å². The van der Waals surface area contributed by atoms with Crippen molar-refractivity contribution in [3.8, 4) is 5.75 Å². The van der Waals surface area contributed by atoms with Crippen molar-refractivity contribution < 1.29 is 9.53 Å². The van der Waals surface area contributed by atoms with E-state index in [1.165, 1.54) is 11.8 Å². The molecule has 1 amide bonds. The fourth-order valence-corrected chi connectivity index (χ4v) is 3.76. The minimum Gasteiger partial charge on any atom is -0.483 e. The number of rotatable bonds is 9. The maximum absolute atomic E-state index is 12.3. The number of hydrogen-bond acceptors (Lipinski definition) is 5. The lowest BCUT2D eigenvalue weighted by atomic mass is 10.2. The van der Waals surface area contributed by atoms with Gasteiger partial charge < -0.3 is 10.1 Å². The second kappa shape index (κ2) is 10.4. The fraction of sp³-hybridized carbons (Fsp3) is 0.227. The number of amides is 1. The van der Waals surface area contributed by atoms with E-state index >= 15 is 0 Å². The zero-order valence-corrected chi connectivity index (χ0v) is 19.2. The number of carbonyl (C=O) groups is 1. The quantitative estimate of drug-likeness (QED) is 0.323. The first-order valence-electron chi connectivity index (χ1n) is 9.42. The summed E-state index contributed by atoms with van der Waals surface area (Å²) in [5, 5.41) is 12.1. The Morgan fingerprint density at radius 2 is 1.93 bits per heavy atom.